The van der Waals surface area contributed by atoms with Crippen LogP contribution >= 0.6 is 11.6 Å². The molecule has 1 saturated heterocycles. The van der Waals surface area contributed by atoms with E-state index < -0.39 is 52.6 Å². The van der Waals surface area contributed by atoms with Crippen LogP contribution in [-0.2, 0) is 28.8 Å². The van der Waals surface area contributed by atoms with E-state index in [1.165, 1.54) is 11.3 Å². The Balaban J connectivity index is 1.39. The molecule has 12 nitrogen and oxygen atoms in total. The molecule has 5 rings (SSSR count). The van der Waals surface area contributed by atoms with Crippen LogP contribution in [-0.4, -0.2) is 82.4 Å². The molecule has 2 aliphatic carbocycles. The first-order valence-corrected chi connectivity index (χ1v) is 19.4. The number of rotatable bonds is 14. The molecule has 0 aromatic heterocycles. The molecule has 4 atom stereocenters. The summed E-state index contributed by atoms with van der Waals surface area (Å²) in [5, 5.41) is 13.4. The van der Waals surface area contributed by atoms with Crippen molar-refractivity contribution < 1.29 is 33.5 Å². The Morgan fingerprint density at radius 2 is 1.77 bits per heavy atom. The number of amides is 4. The third kappa shape index (κ3) is 9.85. The molecule has 3 fully saturated rings. The van der Waals surface area contributed by atoms with E-state index in [1.54, 1.807) is 12.1 Å². The van der Waals surface area contributed by atoms with E-state index in [9.17, 15) is 24.0 Å². The number of carbonyl (C=O) groups is 5. The zero-order chi connectivity index (χ0) is 37.8. The van der Waals surface area contributed by atoms with Gasteiger partial charge in [-0.25, -0.2) is 0 Å². The molecule has 2 saturated carbocycles. The summed E-state index contributed by atoms with van der Waals surface area (Å²) < 4.78 is 5.79. The third-order valence-electron chi connectivity index (χ3n) is 10.4. The average molecular weight is 742 g/mol. The predicted molar refractivity (Wildman–Crippen MR) is 198 cm³/mol. The van der Waals surface area contributed by atoms with Crippen molar-refractivity contribution in [3.05, 3.63) is 28.8 Å². The van der Waals surface area contributed by atoms with Gasteiger partial charge in [-0.2, -0.15) is 0 Å². The highest BCUT2D eigenvalue weighted by atomic mass is 35.5. The summed E-state index contributed by atoms with van der Waals surface area (Å²) in [6.45, 7) is 11.4. The number of nitrogens with zero attached hydrogens (tertiary/aromatic N) is 2. The van der Waals surface area contributed by atoms with Crippen molar-refractivity contribution in [1.82, 2.24) is 20.9 Å². The number of carbonyl (C=O) groups excluding carboxylic acids is 5. The number of ketones is 1. The van der Waals surface area contributed by atoms with Crippen LogP contribution in [0.25, 0.3) is 0 Å². The van der Waals surface area contributed by atoms with Gasteiger partial charge in [0.15, 0.2) is 5.60 Å². The lowest BCUT2D eigenvalue weighted by Gasteiger charge is -2.36. The first kappa shape index (κ1) is 39.5. The molecule has 52 heavy (non-hydrogen) atoms. The summed E-state index contributed by atoms with van der Waals surface area (Å²) >= 11 is 6.55. The van der Waals surface area contributed by atoms with Crippen molar-refractivity contribution in [3.63, 3.8) is 0 Å². The molecule has 4 aliphatic rings. The number of Topliss-reactive ketones (excluding diaryl/α,β-unsaturated/α-hetero) is 1. The van der Waals surface area contributed by atoms with Crippen LogP contribution in [0.15, 0.2) is 23.4 Å². The summed E-state index contributed by atoms with van der Waals surface area (Å²) in [4.78, 5) is 75.8. The molecule has 2 heterocycles. The van der Waals surface area contributed by atoms with Crippen LogP contribution in [0.3, 0.4) is 0 Å². The SMILES string of the molecule is CCC[C@H](NC(=O)[C@@H]1C[C@]2(CC(c3ccc(OC(C)C)c(Cl)c3)=NO2)CN1C(=O)[C@@H](NC(=O)CC1CCCCC1)C(C)(C)C)C(=O)C(=O)NC1CC1. The largest absolute Gasteiger partial charge is 0.489 e. The van der Waals surface area contributed by atoms with Gasteiger partial charge in [0, 0.05) is 30.9 Å². The van der Waals surface area contributed by atoms with Gasteiger partial charge in [-0.1, -0.05) is 70.1 Å². The highest BCUT2D eigenvalue weighted by Gasteiger charge is 2.55. The van der Waals surface area contributed by atoms with Crippen LogP contribution in [0, 0.1) is 11.3 Å². The number of oxime groups is 1. The third-order valence-corrected chi connectivity index (χ3v) is 10.7. The molecular formula is C39H56ClN5O7. The molecule has 1 aromatic carbocycles. The normalized spacial score (nSPS) is 23.1. The minimum atomic E-state index is -1.05. The zero-order valence-corrected chi connectivity index (χ0v) is 32.3. The highest BCUT2D eigenvalue weighted by Crippen LogP contribution is 2.41. The van der Waals surface area contributed by atoms with E-state index in [1.807, 2.05) is 47.6 Å². The molecule has 0 bridgehead atoms. The molecule has 3 N–H and O–H groups in total. The van der Waals surface area contributed by atoms with Gasteiger partial charge in [-0.15, -0.1) is 0 Å². The summed E-state index contributed by atoms with van der Waals surface area (Å²) in [5.74, 6) is -1.76. The maximum absolute atomic E-state index is 14.7. The fraction of sp³-hybridized carbons (Fsp3) is 0.692. The lowest BCUT2D eigenvalue weighted by Crippen LogP contribution is -2.59. The second-order valence-corrected chi connectivity index (χ2v) is 16.9. The molecule has 4 amide bonds. The predicted octanol–water partition coefficient (Wildman–Crippen LogP) is 5.23. The van der Waals surface area contributed by atoms with Crippen LogP contribution in [0.4, 0.5) is 0 Å². The summed E-state index contributed by atoms with van der Waals surface area (Å²) in [7, 11) is 0. The number of hydrogen-bond acceptors (Lipinski definition) is 8. The number of hydrogen-bond donors (Lipinski definition) is 3. The topological polar surface area (TPSA) is 156 Å². The molecule has 0 radical (unpaired) electrons. The lowest BCUT2D eigenvalue weighted by atomic mass is 9.84. The van der Waals surface area contributed by atoms with Crippen molar-refractivity contribution in [2.24, 2.45) is 16.5 Å². The van der Waals surface area contributed by atoms with Crippen molar-refractivity contribution in [2.45, 2.75) is 154 Å². The Labute approximate surface area is 312 Å². The molecule has 1 spiro atoms. The molecule has 1 aromatic rings. The molecule has 0 unspecified atom stereocenters. The Morgan fingerprint density at radius 3 is 2.38 bits per heavy atom. The monoisotopic (exact) mass is 741 g/mol. The Kier molecular flexibility index (Phi) is 12.6. The van der Waals surface area contributed by atoms with Crippen molar-refractivity contribution in [1.29, 1.82) is 0 Å². The first-order chi connectivity index (χ1) is 24.6. The smallest absolute Gasteiger partial charge is 0.289 e. The van der Waals surface area contributed by atoms with E-state index >= 15 is 0 Å². The van der Waals surface area contributed by atoms with Crippen LogP contribution in [0.2, 0.25) is 5.02 Å². The molecular weight excluding hydrogens is 686 g/mol. The van der Waals surface area contributed by atoms with E-state index in [0.29, 0.717) is 29.3 Å². The fourth-order valence-corrected chi connectivity index (χ4v) is 7.69. The average Bonchev–Trinajstić information content (AvgIpc) is 3.68. The van der Waals surface area contributed by atoms with Gasteiger partial charge < -0.3 is 30.4 Å². The van der Waals surface area contributed by atoms with E-state index in [-0.39, 0.29) is 49.8 Å². The van der Waals surface area contributed by atoms with Gasteiger partial charge in [-0.05, 0) is 75.5 Å². The maximum atomic E-state index is 14.7. The van der Waals surface area contributed by atoms with Gasteiger partial charge in [0.25, 0.3) is 5.91 Å². The zero-order valence-electron chi connectivity index (χ0n) is 31.5. The van der Waals surface area contributed by atoms with E-state index in [2.05, 4.69) is 21.1 Å². The standard InChI is InChI=1S/C39H56ClN5O7/c1-7-11-28(33(47)36(49)41-26-15-16-26)42-35(48)30-21-39(20-29(44-52-39)25-14-17-31(27(40)19-25)51-23(2)3)22-45(30)37(50)34(38(4,5)6)43-32(46)18-24-12-9-8-10-13-24/h14,17,19,23-24,26,28,30,34H,7-13,15-16,18,20-22H2,1-6H3,(H,41,49)(H,42,48)(H,43,46)/t28-,30-,34+,39+/m0/s1. The number of ether oxygens (including phenoxy) is 1. The van der Waals surface area contributed by atoms with Crippen LogP contribution < -0.4 is 20.7 Å². The van der Waals surface area contributed by atoms with Gasteiger partial charge in [0.1, 0.15) is 17.8 Å². The quantitative estimate of drug-likeness (QED) is 0.221. The van der Waals surface area contributed by atoms with Crippen molar-refractivity contribution >= 4 is 46.7 Å². The number of halogens is 1. The molecule has 2 aliphatic heterocycles. The van der Waals surface area contributed by atoms with E-state index in [0.717, 1.165) is 44.1 Å². The maximum Gasteiger partial charge on any atom is 0.289 e. The minimum Gasteiger partial charge on any atom is -0.489 e. The summed E-state index contributed by atoms with van der Waals surface area (Å²) in [6.07, 6.45) is 8.49. The van der Waals surface area contributed by atoms with Gasteiger partial charge in [0.2, 0.25) is 23.5 Å². The van der Waals surface area contributed by atoms with Gasteiger partial charge >= 0.3 is 0 Å². The Morgan fingerprint density at radius 1 is 1.06 bits per heavy atom. The van der Waals surface area contributed by atoms with Gasteiger partial charge in [0.05, 0.1) is 29.4 Å². The Hall–Kier alpha value is -3.67. The fourth-order valence-electron chi connectivity index (χ4n) is 7.47. The summed E-state index contributed by atoms with van der Waals surface area (Å²) in [6, 6.07) is 2.34. The number of benzene rings is 1. The second kappa shape index (κ2) is 16.6. The second-order valence-electron chi connectivity index (χ2n) is 16.5. The first-order valence-electron chi connectivity index (χ1n) is 19.1. The Bertz CT molecular complexity index is 1550. The van der Waals surface area contributed by atoms with Crippen LogP contribution in [0.5, 0.6) is 5.75 Å². The van der Waals surface area contributed by atoms with E-state index in [4.69, 9.17) is 21.2 Å². The molecule has 286 valence electrons. The van der Waals surface area contributed by atoms with Gasteiger partial charge in [-0.3, -0.25) is 24.0 Å². The lowest BCUT2D eigenvalue weighted by molar-refractivity contribution is -0.145. The minimum absolute atomic E-state index is 0.0117. The van der Waals surface area contributed by atoms with Crippen molar-refractivity contribution in [2.75, 3.05) is 6.54 Å². The summed E-state index contributed by atoms with van der Waals surface area (Å²) in [5.41, 5.74) is -0.404. The highest BCUT2D eigenvalue weighted by molar-refractivity contribution is 6.38. The number of likely N-dealkylation sites (tertiary alicyclic amines) is 1. The van der Waals surface area contributed by atoms with Crippen molar-refractivity contribution in [3.8, 4) is 5.75 Å². The molecule has 13 heteroatoms. The number of nitrogens with one attached hydrogen (secondary N) is 3. The van der Waals surface area contributed by atoms with Crippen LogP contribution in [0.1, 0.15) is 124 Å².